The van der Waals surface area contributed by atoms with E-state index in [2.05, 4.69) is 5.32 Å². The lowest BCUT2D eigenvalue weighted by Crippen LogP contribution is -2.18. The minimum atomic E-state index is -1.50. The third-order valence-corrected chi connectivity index (χ3v) is 1.32. The third-order valence-electron chi connectivity index (χ3n) is 1.32. The largest absolute Gasteiger partial charge is 0.396 e. The van der Waals surface area contributed by atoms with E-state index < -0.39 is 5.09 Å². The normalized spacial score (nSPS) is 9.00. The summed E-state index contributed by atoms with van der Waals surface area (Å²) in [5.41, 5.74) is 5.30. The summed E-state index contributed by atoms with van der Waals surface area (Å²) in [6, 6.07) is 0. The zero-order valence-corrected chi connectivity index (χ0v) is 8.19. The van der Waals surface area contributed by atoms with Crippen LogP contribution in [0.5, 0.6) is 0 Å². The Bertz CT molecular complexity index is 112. The molecule has 0 saturated carbocycles. The number of aliphatic hydroxyl groups is 1. The summed E-state index contributed by atoms with van der Waals surface area (Å²) in [4.78, 5) is 8.36. The van der Waals surface area contributed by atoms with Gasteiger partial charge in [-0.1, -0.05) is 0 Å². The molecular weight excluding hydrogens is 190 g/mol. The average Bonchev–Trinajstić information content (AvgIpc) is 2.10. The van der Waals surface area contributed by atoms with Gasteiger partial charge in [0.25, 0.3) is 5.09 Å². The summed E-state index contributed by atoms with van der Waals surface area (Å²) in [6.45, 7) is 3.00. The van der Waals surface area contributed by atoms with Crippen molar-refractivity contribution in [2.24, 2.45) is 5.73 Å². The van der Waals surface area contributed by atoms with Crippen LogP contribution in [0.25, 0.3) is 0 Å². The summed E-state index contributed by atoms with van der Waals surface area (Å²) in [6.07, 6.45) is 3.08. The lowest BCUT2D eigenvalue weighted by Gasteiger charge is -2.00. The quantitative estimate of drug-likeness (QED) is 0.251. The van der Waals surface area contributed by atoms with Crippen molar-refractivity contribution < 1.29 is 15.4 Å². The van der Waals surface area contributed by atoms with Crippen LogP contribution in [-0.2, 0) is 0 Å². The Kier molecular flexibility index (Phi) is 16.2. The zero-order chi connectivity index (χ0) is 11.2. The van der Waals surface area contributed by atoms with Crippen molar-refractivity contribution in [3.63, 3.8) is 0 Å². The van der Waals surface area contributed by atoms with Gasteiger partial charge in [-0.3, -0.25) is 0 Å². The molecule has 0 fully saturated rings. The molecule has 0 aliphatic rings. The topological polar surface area (TPSA) is 122 Å². The summed E-state index contributed by atoms with van der Waals surface area (Å²) < 4.78 is 0. The maximum atomic E-state index is 8.41. The lowest BCUT2D eigenvalue weighted by molar-refractivity contribution is -0.742. The maximum absolute atomic E-state index is 8.41. The fourth-order valence-electron chi connectivity index (χ4n) is 0.723. The molecule has 0 amide bonds. The van der Waals surface area contributed by atoms with Crippen LogP contribution >= 0.6 is 0 Å². The zero-order valence-electron chi connectivity index (χ0n) is 8.19. The Morgan fingerprint density at radius 2 is 1.79 bits per heavy atom. The second-order valence-electron chi connectivity index (χ2n) is 2.56. The first-order valence-electron chi connectivity index (χ1n) is 4.50. The first-order valence-corrected chi connectivity index (χ1v) is 4.50. The first-order chi connectivity index (χ1) is 6.65. The predicted octanol–water partition coefficient (Wildman–Crippen LogP) is -0.650. The molecule has 0 saturated heterocycles. The van der Waals surface area contributed by atoms with Crippen LogP contribution in [0.4, 0.5) is 0 Å². The van der Waals surface area contributed by atoms with Gasteiger partial charge in [0.15, 0.2) is 0 Å². The second kappa shape index (κ2) is 14.6. The summed E-state index contributed by atoms with van der Waals surface area (Å²) in [5, 5.41) is 25.3. The smallest absolute Gasteiger partial charge is 0.291 e. The number of hydrogen-bond acceptors (Lipinski definition) is 5. The molecule has 5 N–H and O–H groups in total. The molecule has 0 heterocycles. The molecule has 0 aliphatic carbocycles. The number of unbranched alkanes of at least 4 members (excludes halogenated alkanes) is 1. The molecule has 0 spiro atoms. The number of rotatable bonds is 7. The summed E-state index contributed by atoms with van der Waals surface area (Å²) in [7, 11) is 0. The van der Waals surface area contributed by atoms with Gasteiger partial charge in [-0.2, -0.15) is 0 Å². The number of nitrogens with one attached hydrogen (secondary N) is 1. The molecule has 0 unspecified atom stereocenters. The molecule has 14 heavy (non-hydrogen) atoms. The van der Waals surface area contributed by atoms with Crippen molar-refractivity contribution >= 4 is 0 Å². The van der Waals surface area contributed by atoms with Crippen LogP contribution < -0.4 is 11.1 Å². The fraction of sp³-hybridized carbons (Fsp3) is 1.00. The van der Waals surface area contributed by atoms with Gasteiger partial charge in [-0.25, -0.2) is 0 Å². The van der Waals surface area contributed by atoms with Crippen molar-refractivity contribution in [1.82, 2.24) is 5.32 Å². The van der Waals surface area contributed by atoms with E-state index in [4.69, 9.17) is 26.2 Å². The minimum Gasteiger partial charge on any atom is -0.396 e. The van der Waals surface area contributed by atoms with Gasteiger partial charge in [0.05, 0.1) is 0 Å². The highest BCUT2D eigenvalue weighted by atomic mass is 16.9. The van der Waals surface area contributed by atoms with Crippen molar-refractivity contribution in [3.05, 3.63) is 10.1 Å². The van der Waals surface area contributed by atoms with E-state index in [1.54, 1.807) is 0 Å². The van der Waals surface area contributed by atoms with E-state index in [9.17, 15) is 0 Å². The van der Waals surface area contributed by atoms with Crippen LogP contribution in [0.2, 0.25) is 0 Å². The van der Waals surface area contributed by atoms with Crippen molar-refractivity contribution in [1.29, 1.82) is 0 Å². The molecule has 7 nitrogen and oxygen atoms in total. The van der Waals surface area contributed by atoms with E-state index in [1.165, 1.54) is 0 Å². The molecule has 0 aromatic carbocycles. The molecule has 0 aromatic rings. The molecule has 7 heteroatoms. The Morgan fingerprint density at radius 1 is 1.29 bits per heavy atom. The van der Waals surface area contributed by atoms with E-state index >= 15 is 0 Å². The number of hydrogen-bond donors (Lipinski definition) is 4. The summed E-state index contributed by atoms with van der Waals surface area (Å²) in [5.74, 6) is 0. The monoisotopic (exact) mass is 209 g/mol. The lowest BCUT2D eigenvalue weighted by atomic mass is 10.3. The molecule has 0 rings (SSSR count). The fourth-order valence-corrected chi connectivity index (χ4v) is 0.723. The molecule has 0 aromatic heterocycles. The van der Waals surface area contributed by atoms with E-state index in [-0.39, 0.29) is 6.61 Å². The number of nitrogens with two attached hydrogens (primary N) is 1. The van der Waals surface area contributed by atoms with Gasteiger partial charge in [0.2, 0.25) is 0 Å². The second-order valence-corrected chi connectivity index (χ2v) is 2.56. The standard InChI is InChI=1S/C7H18N2O.HNO3/c8-4-1-2-5-9-6-3-7-10;2-1(3)4/h9-10H,1-8H2;(H,2,3,4). The van der Waals surface area contributed by atoms with Crippen LogP contribution in [0, 0.1) is 10.1 Å². The van der Waals surface area contributed by atoms with Crippen molar-refractivity contribution in [2.45, 2.75) is 19.3 Å². The van der Waals surface area contributed by atoms with Gasteiger partial charge in [0, 0.05) is 6.61 Å². The van der Waals surface area contributed by atoms with E-state index in [0.717, 1.165) is 38.9 Å². The molecule has 86 valence electrons. The van der Waals surface area contributed by atoms with Crippen molar-refractivity contribution in [3.8, 4) is 0 Å². The van der Waals surface area contributed by atoms with Crippen LogP contribution in [0.3, 0.4) is 0 Å². The highest BCUT2D eigenvalue weighted by molar-refractivity contribution is 4.47. The first kappa shape index (κ1) is 15.5. The van der Waals surface area contributed by atoms with Crippen LogP contribution in [0.15, 0.2) is 0 Å². The number of aliphatic hydroxyl groups excluding tert-OH is 1. The van der Waals surface area contributed by atoms with Gasteiger partial charge < -0.3 is 21.4 Å². The number of nitrogens with zero attached hydrogens (tertiary/aromatic N) is 1. The van der Waals surface area contributed by atoms with E-state index in [0.29, 0.717) is 0 Å². The molecule has 0 radical (unpaired) electrons. The van der Waals surface area contributed by atoms with Gasteiger partial charge >= 0.3 is 0 Å². The highest BCUT2D eigenvalue weighted by Gasteiger charge is 1.85. The van der Waals surface area contributed by atoms with Crippen molar-refractivity contribution in [2.75, 3.05) is 26.2 Å². The van der Waals surface area contributed by atoms with Gasteiger partial charge in [-0.15, -0.1) is 10.1 Å². The minimum absolute atomic E-state index is 0.282. The Labute approximate surface area is 83.0 Å². The Hall–Kier alpha value is -0.920. The third kappa shape index (κ3) is 30.5. The molecule has 0 aliphatic heterocycles. The SMILES string of the molecule is NCCCCNCCCO.O=[N+]([O-])O. The predicted molar refractivity (Wildman–Crippen MR) is 51.6 cm³/mol. The Morgan fingerprint density at radius 3 is 2.21 bits per heavy atom. The summed E-state index contributed by atoms with van der Waals surface area (Å²) >= 11 is 0. The van der Waals surface area contributed by atoms with E-state index in [1.807, 2.05) is 0 Å². The maximum Gasteiger partial charge on any atom is 0.291 e. The Balaban J connectivity index is 0. The molecular formula is C7H19N3O4. The van der Waals surface area contributed by atoms with Crippen LogP contribution in [0.1, 0.15) is 19.3 Å². The van der Waals surface area contributed by atoms with Crippen LogP contribution in [-0.4, -0.2) is 41.6 Å². The van der Waals surface area contributed by atoms with Gasteiger partial charge in [-0.05, 0) is 38.9 Å². The molecule has 0 atom stereocenters. The average molecular weight is 209 g/mol. The van der Waals surface area contributed by atoms with Gasteiger partial charge in [0.1, 0.15) is 0 Å². The molecule has 0 bridgehead atoms. The highest BCUT2D eigenvalue weighted by Crippen LogP contribution is 1.82.